The van der Waals surface area contributed by atoms with Gasteiger partial charge in [0.1, 0.15) is 17.4 Å². The minimum Gasteiger partial charge on any atom is -0.493 e. The minimum absolute atomic E-state index is 0.00201. The summed E-state index contributed by atoms with van der Waals surface area (Å²) in [4.78, 5) is 17.9. The number of amides is 1. The van der Waals surface area contributed by atoms with Crippen LogP contribution in [0.15, 0.2) is 60.3 Å². The van der Waals surface area contributed by atoms with Crippen LogP contribution in [-0.2, 0) is 11.2 Å². The average Bonchev–Trinajstić information content (AvgIpc) is 3.19. The molecule has 0 aliphatic rings. The van der Waals surface area contributed by atoms with E-state index in [0.29, 0.717) is 23.1 Å². The molecule has 30 heavy (non-hydrogen) atoms. The van der Waals surface area contributed by atoms with E-state index in [1.165, 1.54) is 22.5 Å². The quantitative estimate of drug-likeness (QED) is 0.395. The Balaban J connectivity index is 1.70. The molecule has 2 aromatic carbocycles. The van der Waals surface area contributed by atoms with Crippen molar-refractivity contribution in [2.24, 2.45) is 0 Å². The van der Waals surface area contributed by atoms with Crippen molar-refractivity contribution in [1.82, 2.24) is 4.98 Å². The normalized spacial score (nSPS) is 11.0. The Labute approximate surface area is 180 Å². The number of hydrogen-bond donors (Lipinski definition) is 1. The van der Waals surface area contributed by atoms with Gasteiger partial charge >= 0.3 is 0 Å². The highest BCUT2D eigenvalue weighted by Gasteiger charge is 2.13. The molecule has 5 nitrogen and oxygen atoms in total. The second kappa shape index (κ2) is 10.4. The molecule has 0 aliphatic carbocycles. The van der Waals surface area contributed by atoms with Gasteiger partial charge in [-0.3, -0.25) is 10.1 Å². The third-order valence-electron chi connectivity index (χ3n) is 4.32. The highest BCUT2D eigenvalue weighted by Crippen LogP contribution is 2.24. The van der Waals surface area contributed by atoms with Gasteiger partial charge in [-0.1, -0.05) is 55.0 Å². The number of nitrogens with zero attached hydrogens (tertiary/aromatic N) is 2. The maximum absolute atomic E-state index is 12.6. The monoisotopic (exact) mass is 417 g/mol. The van der Waals surface area contributed by atoms with E-state index >= 15 is 0 Å². The maximum atomic E-state index is 12.6. The SMILES string of the molecule is CCCOc1ccccc1C=C(C#N)C(=O)Nc1ncc(Cc2ccc(C)cc2)s1. The molecular formula is C24H23N3O2S. The van der Waals surface area contributed by atoms with E-state index in [2.05, 4.69) is 41.5 Å². The van der Waals surface area contributed by atoms with E-state index in [0.717, 1.165) is 17.7 Å². The number of thiazole rings is 1. The van der Waals surface area contributed by atoms with Crippen LogP contribution >= 0.6 is 11.3 Å². The lowest BCUT2D eigenvalue weighted by Crippen LogP contribution is -2.13. The van der Waals surface area contributed by atoms with E-state index in [1.54, 1.807) is 12.3 Å². The van der Waals surface area contributed by atoms with E-state index in [9.17, 15) is 10.1 Å². The molecule has 1 N–H and O–H groups in total. The summed E-state index contributed by atoms with van der Waals surface area (Å²) < 4.78 is 5.70. The Bertz CT molecular complexity index is 1080. The number of para-hydroxylation sites is 1. The van der Waals surface area contributed by atoms with Gasteiger partial charge in [-0.25, -0.2) is 4.98 Å². The van der Waals surface area contributed by atoms with Gasteiger partial charge in [0.2, 0.25) is 0 Å². The van der Waals surface area contributed by atoms with Crippen LogP contribution in [0.4, 0.5) is 5.13 Å². The lowest BCUT2D eigenvalue weighted by Gasteiger charge is -2.08. The molecule has 1 amide bonds. The molecule has 0 saturated carbocycles. The Kier molecular flexibility index (Phi) is 7.36. The summed E-state index contributed by atoms with van der Waals surface area (Å²) >= 11 is 1.40. The van der Waals surface area contributed by atoms with Crippen molar-refractivity contribution < 1.29 is 9.53 Å². The summed E-state index contributed by atoms with van der Waals surface area (Å²) in [6.07, 6.45) is 4.92. The smallest absolute Gasteiger partial charge is 0.268 e. The van der Waals surface area contributed by atoms with Crippen molar-refractivity contribution in [1.29, 1.82) is 5.26 Å². The Morgan fingerprint density at radius 1 is 1.23 bits per heavy atom. The molecule has 0 atom stereocenters. The molecule has 0 fully saturated rings. The van der Waals surface area contributed by atoms with Crippen LogP contribution in [0.1, 0.15) is 34.9 Å². The number of aryl methyl sites for hydroxylation is 1. The number of carbonyl (C=O) groups excluding carboxylic acids is 1. The van der Waals surface area contributed by atoms with E-state index in [4.69, 9.17) is 4.74 Å². The van der Waals surface area contributed by atoms with Crippen molar-refractivity contribution in [2.45, 2.75) is 26.7 Å². The summed E-state index contributed by atoms with van der Waals surface area (Å²) in [5.74, 6) is 0.161. The van der Waals surface area contributed by atoms with Crippen LogP contribution in [0.25, 0.3) is 6.08 Å². The Morgan fingerprint density at radius 2 is 2.00 bits per heavy atom. The van der Waals surface area contributed by atoms with Crippen LogP contribution in [0.2, 0.25) is 0 Å². The molecule has 3 rings (SSSR count). The lowest BCUT2D eigenvalue weighted by atomic mass is 10.1. The molecule has 152 valence electrons. The van der Waals surface area contributed by atoms with Crippen molar-refractivity contribution in [3.05, 3.63) is 81.9 Å². The van der Waals surface area contributed by atoms with Gasteiger partial charge in [0.25, 0.3) is 5.91 Å². The fourth-order valence-electron chi connectivity index (χ4n) is 2.77. The summed E-state index contributed by atoms with van der Waals surface area (Å²) in [5.41, 5.74) is 3.09. The van der Waals surface area contributed by atoms with Crippen LogP contribution < -0.4 is 10.1 Å². The average molecular weight is 418 g/mol. The number of aromatic nitrogens is 1. The van der Waals surface area contributed by atoms with Crippen molar-refractivity contribution in [2.75, 3.05) is 11.9 Å². The number of nitrogens with one attached hydrogen (secondary N) is 1. The third kappa shape index (κ3) is 5.79. The van der Waals surface area contributed by atoms with E-state index in [-0.39, 0.29) is 5.57 Å². The first-order chi connectivity index (χ1) is 14.6. The molecule has 0 aliphatic heterocycles. The van der Waals surface area contributed by atoms with Crippen LogP contribution in [0.3, 0.4) is 0 Å². The third-order valence-corrected chi connectivity index (χ3v) is 5.23. The zero-order valence-corrected chi connectivity index (χ0v) is 17.8. The second-order valence-corrected chi connectivity index (χ2v) is 7.92. The van der Waals surface area contributed by atoms with E-state index < -0.39 is 5.91 Å². The largest absolute Gasteiger partial charge is 0.493 e. The van der Waals surface area contributed by atoms with E-state index in [1.807, 2.05) is 37.3 Å². The molecule has 0 spiro atoms. The number of anilines is 1. The van der Waals surface area contributed by atoms with Crippen molar-refractivity contribution in [3.8, 4) is 11.8 Å². The minimum atomic E-state index is -0.487. The van der Waals surface area contributed by atoms with Gasteiger partial charge in [-0.2, -0.15) is 5.26 Å². The van der Waals surface area contributed by atoms with Crippen LogP contribution in [-0.4, -0.2) is 17.5 Å². The van der Waals surface area contributed by atoms with Crippen molar-refractivity contribution >= 4 is 28.5 Å². The number of carbonyl (C=O) groups is 1. The van der Waals surface area contributed by atoms with Gasteiger partial charge < -0.3 is 4.74 Å². The molecule has 0 radical (unpaired) electrons. The highest BCUT2D eigenvalue weighted by atomic mass is 32.1. The van der Waals surface area contributed by atoms with Crippen LogP contribution in [0, 0.1) is 18.3 Å². The molecule has 3 aromatic rings. The molecule has 1 aromatic heterocycles. The molecule has 0 bridgehead atoms. The zero-order valence-electron chi connectivity index (χ0n) is 17.0. The number of ether oxygens (including phenoxy) is 1. The first-order valence-electron chi connectivity index (χ1n) is 9.74. The zero-order chi connectivity index (χ0) is 21.3. The molecule has 1 heterocycles. The van der Waals surface area contributed by atoms with Gasteiger partial charge in [0.15, 0.2) is 5.13 Å². The molecule has 6 heteroatoms. The summed E-state index contributed by atoms with van der Waals surface area (Å²) in [7, 11) is 0. The van der Waals surface area contributed by atoms with Crippen LogP contribution in [0.5, 0.6) is 5.75 Å². The summed E-state index contributed by atoms with van der Waals surface area (Å²) in [6, 6.07) is 17.6. The fourth-order valence-corrected chi connectivity index (χ4v) is 3.61. The predicted molar refractivity (Wildman–Crippen MR) is 121 cm³/mol. The maximum Gasteiger partial charge on any atom is 0.268 e. The van der Waals surface area contributed by atoms with Gasteiger partial charge in [0.05, 0.1) is 6.61 Å². The first-order valence-corrected chi connectivity index (χ1v) is 10.6. The first kappa shape index (κ1) is 21.3. The summed E-state index contributed by atoms with van der Waals surface area (Å²) in [6.45, 7) is 4.65. The number of nitriles is 1. The Morgan fingerprint density at radius 3 is 2.73 bits per heavy atom. The predicted octanol–water partition coefficient (Wildman–Crippen LogP) is 5.38. The van der Waals surface area contributed by atoms with Crippen molar-refractivity contribution in [3.63, 3.8) is 0 Å². The number of benzene rings is 2. The fraction of sp³-hybridized carbons (Fsp3) is 0.208. The number of rotatable bonds is 8. The lowest BCUT2D eigenvalue weighted by molar-refractivity contribution is -0.112. The second-order valence-electron chi connectivity index (χ2n) is 6.80. The topological polar surface area (TPSA) is 75.0 Å². The highest BCUT2D eigenvalue weighted by molar-refractivity contribution is 7.15. The molecular weight excluding hydrogens is 394 g/mol. The standard InChI is InChI=1S/C24H23N3O2S/c1-3-12-29-22-7-5-4-6-19(22)14-20(15-25)23(28)27-24-26-16-21(30-24)13-18-10-8-17(2)9-11-18/h4-11,14,16H,3,12-13H2,1-2H3,(H,26,27,28). The van der Waals surface area contributed by atoms with Gasteiger partial charge in [-0.15, -0.1) is 11.3 Å². The van der Waals surface area contributed by atoms with Gasteiger partial charge in [0, 0.05) is 23.1 Å². The molecule has 0 saturated heterocycles. The van der Waals surface area contributed by atoms with Gasteiger partial charge in [-0.05, 0) is 31.1 Å². The summed E-state index contributed by atoms with van der Waals surface area (Å²) in [5, 5.41) is 12.7. The number of hydrogen-bond acceptors (Lipinski definition) is 5. The Hall–Kier alpha value is -3.43. The molecule has 0 unspecified atom stereocenters.